The summed E-state index contributed by atoms with van der Waals surface area (Å²) in [5, 5.41) is 20.7. The van der Waals surface area contributed by atoms with Crippen LogP contribution in [0.25, 0.3) is 0 Å². The number of aliphatic hydroxyl groups is 2. The number of aliphatic hydroxyl groups excluding tert-OH is 1. The molecule has 130 valence electrons. The Morgan fingerprint density at radius 2 is 1.83 bits per heavy atom. The largest absolute Gasteiger partial charge is 0.393 e. The Morgan fingerprint density at radius 1 is 1.09 bits per heavy atom. The van der Waals surface area contributed by atoms with Gasteiger partial charge in [0.25, 0.3) is 0 Å². The molecular weight excluding hydrogens is 288 g/mol. The van der Waals surface area contributed by atoms with E-state index in [0.29, 0.717) is 17.6 Å². The van der Waals surface area contributed by atoms with Crippen LogP contribution >= 0.6 is 0 Å². The van der Waals surface area contributed by atoms with Gasteiger partial charge in [-0.1, -0.05) is 20.8 Å². The Morgan fingerprint density at radius 3 is 2.52 bits per heavy atom. The summed E-state index contributed by atoms with van der Waals surface area (Å²) < 4.78 is 0. The number of hydrogen-bond acceptors (Lipinski definition) is 3. The van der Waals surface area contributed by atoms with Crippen molar-refractivity contribution in [3.63, 3.8) is 0 Å². The lowest BCUT2D eigenvalue weighted by molar-refractivity contribution is -0.165. The molecule has 0 amide bonds. The second kappa shape index (κ2) is 4.60. The number of carbonyl (C=O) groups is 1. The molecule has 6 atom stereocenters. The predicted molar refractivity (Wildman–Crippen MR) is 88.8 cm³/mol. The molecule has 4 aliphatic carbocycles. The molecule has 0 heterocycles. The maximum Gasteiger partial charge on any atom is 0.138 e. The van der Waals surface area contributed by atoms with Crippen LogP contribution in [0.3, 0.4) is 0 Å². The third-order valence-corrected chi connectivity index (χ3v) is 8.89. The minimum atomic E-state index is -0.849. The zero-order valence-electron chi connectivity index (χ0n) is 14.9. The van der Waals surface area contributed by atoms with Gasteiger partial charge in [0, 0.05) is 11.8 Å². The van der Waals surface area contributed by atoms with Crippen LogP contribution in [0.5, 0.6) is 0 Å². The SMILES string of the molecule is CC1(C)C(=O)CC[C@@]2(C)[C@@H]1CC[C@@]13C[C@@H](CC[C@@H]12)[C@@](O)(CO)C3. The Hall–Kier alpha value is -0.410. The highest BCUT2D eigenvalue weighted by Crippen LogP contribution is 2.72. The number of hydrogen-bond donors (Lipinski definition) is 2. The molecular formula is C20H32O3. The van der Waals surface area contributed by atoms with Crippen molar-refractivity contribution < 1.29 is 15.0 Å². The second-order valence-electron chi connectivity index (χ2n) is 10.1. The van der Waals surface area contributed by atoms with Crippen LogP contribution in [0.4, 0.5) is 0 Å². The van der Waals surface area contributed by atoms with Gasteiger partial charge >= 0.3 is 0 Å². The monoisotopic (exact) mass is 320 g/mol. The molecule has 23 heavy (non-hydrogen) atoms. The van der Waals surface area contributed by atoms with E-state index < -0.39 is 5.60 Å². The fourth-order valence-corrected chi connectivity index (χ4v) is 7.83. The van der Waals surface area contributed by atoms with Crippen molar-refractivity contribution in [1.82, 2.24) is 0 Å². The molecule has 4 fully saturated rings. The van der Waals surface area contributed by atoms with Crippen molar-refractivity contribution in [1.29, 1.82) is 0 Å². The summed E-state index contributed by atoms with van der Waals surface area (Å²) in [6.07, 6.45) is 8.07. The third-order valence-electron chi connectivity index (χ3n) is 8.89. The van der Waals surface area contributed by atoms with Gasteiger partial charge in [0.2, 0.25) is 0 Å². The van der Waals surface area contributed by atoms with E-state index in [0.717, 1.165) is 44.9 Å². The molecule has 0 unspecified atom stereocenters. The smallest absolute Gasteiger partial charge is 0.138 e. The summed E-state index contributed by atoms with van der Waals surface area (Å²) in [6, 6.07) is 0. The number of fused-ring (bicyclic) bond motifs is 3. The van der Waals surface area contributed by atoms with E-state index in [2.05, 4.69) is 20.8 Å². The van der Waals surface area contributed by atoms with Crippen LogP contribution in [-0.4, -0.2) is 28.2 Å². The molecule has 3 heteroatoms. The Bertz CT molecular complexity index is 541. The molecule has 4 rings (SSSR count). The highest BCUT2D eigenvalue weighted by Gasteiger charge is 2.67. The van der Waals surface area contributed by atoms with E-state index in [1.165, 1.54) is 6.42 Å². The molecule has 2 bridgehead atoms. The zero-order valence-corrected chi connectivity index (χ0v) is 14.9. The van der Waals surface area contributed by atoms with Gasteiger partial charge in [0.15, 0.2) is 0 Å². The fourth-order valence-electron chi connectivity index (χ4n) is 7.83. The van der Waals surface area contributed by atoms with Gasteiger partial charge < -0.3 is 10.2 Å². The first-order valence-electron chi connectivity index (χ1n) is 9.55. The Kier molecular flexibility index (Phi) is 3.22. The molecule has 0 aromatic heterocycles. The summed E-state index contributed by atoms with van der Waals surface area (Å²) in [7, 11) is 0. The first-order valence-corrected chi connectivity index (χ1v) is 9.55. The van der Waals surface area contributed by atoms with Crippen molar-refractivity contribution in [2.24, 2.45) is 34.0 Å². The van der Waals surface area contributed by atoms with Gasteiger partial charge in [-0.2, -0.15) is 0 Å². The lowest BCUT2D eigenvalue weighted by Gasteiger charge is -2.63. The van der Waals surface area contributed by atoms with Crippen LogP contribution < -0.4 is 0 Å². The lowest BCUT2D eigenvalue weighted by Crippen LogP contribution is -2.58. The van der Waals surface area contributed by atoms with Crippen LogP contribution in [0, 0.1) is 34.0 Å². The minimum Gasteiger partial charge on any atom is -0.393 e. The minimum absolute atomic E-state index is 0.0870. The molecule has 4 aliphatic rings. The second-order valence-corrected chi connectivity index (χ2v) is 10.1. The topological polar surface area (TPSA) is 57.5 Å². The highest BCUT2D eigenvalue weighted by molar-refractivity contribution is 5.85. The maximum atomic E-state index is 12.5. The molecule has 0 aromatic rings. The van der Waals surface area contributed by atoms with Crippen LogP contribution in [0.15, 0.2) is 0 Å². The van der Waals surface area contributed by atoms with E-state index in [1.807, 2.05) is 0 Å². The number of Topliss-reactive ketones (excluding diaryl/α,β-unsaturated/α-hetero) is 1. The van der Waals surface area contributed by atoms with Gasteiger partial charge in [0.1, 0.15) is 5.78 Å². The number of rotatable bonds is 1. The van der Waals surface area contributed by atoms with Crippen LogP contribution in [0.2, 0.25) is 0 Å². The van der Waals surface area contributed by atoms with Crippen molar-refractivity contribution in [3.8, 4) is 0 Å². The number of carbonyl (C=O) groups excluding carboxylic acids is 1. The zero-order chi connectivity index (χ0) is 16.7. The van der Waals surface area contributed by atoms with E-state index >= 15 is 0 Å². The third kappa shape index (κ3) is 1.87. The maximum absolute atomic E-state index is 12.5. The van der Waals surface area contributed by atoms with E-state index in [4.69, 9.17) is 0 Å². The van der Waals surface area contributed by atoms with Crippen molar-refractivity contribution in [3.05, 3.63) is 0 Å². The van der Waals surface area contributed by atoms with E-state index in [9.17, 15) is 15.0 Å². The molecule has 3 nitrogen and oxygen atoms in total. The molecule has 1 spiro atoms. The molecule has 0 aromatic carbocycles. The average molecular weight is 320 g/mol. The molecule has 0 aliphatic heterocycles. The molecule has 0 radical (unpaired) electrons. The van der Waals surface area contributed by atoms with Gasteiger partial charge in [-0.25, -0.2) is 0 Å². The first kappa shape index (κ1) is 16.1. The van der Waals surface area contributed by atoms with Crippen molar-refractivity contribution >= 4 is 5.78 Å². The van der Waals surface area contributed by atoms with Crippen molar-refractivity contribution in [2.45, 2.75) is 77.7 Å². The average Bonchev–Trinajstić information content (AvgIpc) is 2.70. The summed E-state index contributed by atoms with van der Waals surface area (Å²) in [5.74, 6) is 1.81. The molecule has 2 N–H and O–H groups in total. The van der Waals surface area contributed by atoms with Crippen molar-refractivity contribution in [2.75, 3.05) is 6.61 Å². The van der Waals surface area contributed by atoms with Crippen LogP contribution in [-0.2, 0) is 4.79 Å². The van der Waals surface area contributed by atoms with Gasteiger partial charge in [-0.3, -0.25) is 4.79 Å². The van der Waals surface area contributed by atoms with Gasteiger partial charge in [0.05, 0.1) is 12.2 Å². The van der Waals surface area contributed by atoms with E-state index in [1.54, 1.807) is 0 Å². The molecule has 0 saturated heterocycles. The van der Waals surface area contributed by atoms with E-state index in [-0.39, 0.29) is 28.8 Å². The summed E-state index contributed by atoms with van der Waals surface area (Å²) in [6.45, 7) is 6.68. The predicted octanol–water partition coefficient (Wildman–Crippen LogP) is 3.32. The summed E-state index contributed by atoms with van der Waals surface area (Å²) in [5.41, 5.74) is -0.612. The normalized spacial score (nSPS) is 54.5. The standard InChI is InChI=1S/C20H32O3/c1-17(2)14-6-9-19-10-13(20(23,11-19)12-21)4-5-15(19)18(14,3)8-7-16(17)22/h13-15,21,23H,4-12H2,1-3H3/t13-,14-,15-,18+,19+,20+/m1/s1. The molecule has 4 saturated carbocycles. The Labute approximate surface area is 139 Å². The highest BCUT2D eigenvalue weighted by atomic mass is 16.3. The fraction of sp³-hybridized carbons (Fsp3) is 0.950. The summed E-state index contributed by atoms with van der Waals surface area (Å²) >= 11 is 0. The van der Waals surface area contributed by atoms with Gasteiger partial charge in [-0.05, 0) is 73.5 Å². The first-order chi connectivity index (χ1) is 10.7. The Balaban J connectivity index is 1.73. The van der Waals surface area contributed by atoms with Gasteiger partial charge in [-0.15, -0.1) is 0 Å². The summed E-state index contributed by atoms with van der Waals surface area (Å²) in [4.78, 5) is 12.5. The van der Waals surface area contributed by atoms with Crippen LogP contribution in [0.1, 0.15) is 72.1 Å². The number of ketones is 1. The quantitative estimate of drug-likeness (QED) is 0.779. The lowest BCUT2D eigenvalue weighted by atomic mass is 9.41.